The number of nitrogen functional groups attached to an aromatic ring is 1. The fraction of sp³-hybridized carbons (Fsp3) is 0.455. The molecule has 2 N–H and O–H groups in total. The molecule has 68 valence electrons. The molecule has 1 aromatic rings. The van der Waals surface area contributed by atoms with Gasteiger partial charge in [0.1, 0.15) is 5.75 Å². The maximum atomic E-state index is 6.06. The molecule has 0 atom stereocenters. The summed E-state index contributed by atoms with van der Waals surface area (Å²) in [5, 5.41) is 0. The number of hydrogen-bond acceptors (Lipinski definition) is 2. The Bertz CT molecular complexity index is 339. The first-order chi connectivity index (χ1) is 6.36. The van der Waals surface area contributed by atoms with E-state index in [1.807, 2.05) is 0 Å². The third kappa shape index (κ3) is 0.886. The number of rotatable bonds is 0. The first-order valence-corrected chi connectivity index (χ1v) is 4.92. The van der Waals surface area contributed by atoms with Crippen molar-refractivity contribution < 1.29 is 4.74 Å². The first-order valence-electron chi connectivity index (χ1n) is 4.92. The van der Waals surface area contributed by atoms with Crippen molar-refractivity contribution in [3.05, 3.63) is 22.8 Å². The average Bonchev–Trinajstić information content (AvgIpc) is 2.71. The van der Waals surface area contributed by atoms with E-state index in [9.17, 15) is 0 Å². The second kappa shape index (κ2) is 2.41. The molecule has 2 nitrogen and oxygen atoms in total. The molecular weight excluding hydrogens is 162 g/mol. The molecule has 13 heavy (non-hydrogen) atoms. The molecule has 0 saturated carbocycles. The van der Waals surface area contributed by atoms with Crippen LogP contribution < -0.4 is 10.5 Å². The van der Waals surface area contributed by atoms with Gasteiger partial charge in [0.2, 0.25) is 0 Å². The number of benzene rings is 1. The Labute approximate surface area is 77.7 Å². The molecule has 0 fully saturated rings. The first kappa shape index (κ1) is 7.25. The summed E-state index contributed by atoms with van der Waals surface area (Å²) in [6.07, 6.45) is 4.62. The normalized spacial score (nSPS) is 18.2. The van der Waals surface area contributed by atoms with Crippen LogP contribution in [0.15, 0.2) is 6.07 Å². The van der Waals surface area contributed by atoms with Gasteiger partial charge in [-0.2, -0.15) is 0 Å². The number of aryl methyl sites for hydroxylation is 1. The summed E-state index contributed by atoms with van der Waals surface area (Å²) < 4.78 is 5.53. The van der Waals surface area contributed by atoms with Crippen LogP contribution in [0.25, 0.3) is 0 Å². The standard InChI is InChI=1S/C11H13NO/c12-10-9-3-1-2-7(9)6-8-4-5-13-11(8)10/h6H,1-5,12H2. The van der Waals surface area contributed by atoms with E-state index in [4.69, 9.17) is 10.5 Å². The van der Waals surface area contributed by atoms with Gasteiger partial charge in [-0.05, 0) is 36.0 Å². The van der Waals surface area contributed by atoms with E-state index in [1.165, 1.54) is 29.5 Å². The van der Waals surface area contributed by atoms with Crippen molar-refractivity contribution >= 4 is 5.69 Å². The second-order valence-electron chi connectivity index (χ2n) is 3.87. The fourth-order valence-electron chi connectivity index (χ4n) is 2.44. The predicted molar refractivity (Wildman–Crippen MR) is 52.1 cm³/mol. The van der Waals surface area contributed by atoms with Gasteiger partial charge in [-0.25, -0.2) is 0 Å². The molecule has 2 aliphatic rings. The average molecular weight is 175 g/mol. The lowest BCUT2D eigenvalue weighted by atomic mass is 10.0. The van der Waals surface area contributed by atoms with Crippen LogP contribution in [0.1, 0.15) is 23.1 Å². The SMILES string of the molecule is Nc1c2c(cc3c1OCC3)CCC2. The Hall–Kier alpha value is -1.18. The summed E-state index contributed by atoms with van der Waals surface area (Å²) >= 11 is 0. The van der Waals surface area contributed by atoms with Gasteiger partial charge in [0, 0.05) is 6.42 Å². The van der Waals surface area contributed by atoms with Gasteiger partial charge in [0.15, 0.2) is 0 Å². The molecule has 0 radical (unpaired) electrons. The lowest BCUT2D eigenvalue weighted by molar-refractivity contribution is 0.358. The van der Waals surface area contributed by atoms with E-state index >= 15 is 0 Å². The summed E-state index contributed by atoms with van der Waals surface area (Å²) in [6.45, 7) is 0.808. The van der Waals surface area contributed by atoms with Gasteiger partial charge in [0.25, 0.3) is 0 Å². The number of nitrogens with two attached hydrogens (primary N) is 1. The Kier molecular flexibility index (Phi) is 1.34. The van der Waals surface area contributed by atoms with Gasteiger partial charge in [0.05, 0.1) is 12.3 Å². The van der Waals surface area contributed by atoms with Gasteiger partial charge >= 0.3 is 0 Å². The van der Waals surface area contributed by atoms with Crippen LogP contribution in [0.5, 0.6) is 5.75 Å². The molecular formula is C11H13NO. The minimum Gasteiger partial charge on any atom is -0.491 e. The maximum Gasteiger partial charge on any atom is 0.145 e. The van der Waals surface area contributed by atoms with Crippen molar-refractivity contribution in [2.24, 2.45) is 0 Å². The van der Waals surface area contributed by atoms with Crippen molar-refractivity contribution in [3.63, 3.8) is 0 Å². The molecule has 0 amide bonds. The molecule has 0 saturated heterocycles. The van der Waals surface area contributed by atoms with Gasteiger partial charge in [-0.15, -0.1) is 0 Å². The lowest BCUT2D eigenvalue weighted by Gasteiger charge is -2.09. The van der Waals surface area contributed by atoms with Crippen molar-refractivity contribution in [1.82, 2.24) is 0 Å². The van der Waals surface area contributed by atoms with E-state index in [2.05, 4.69) is 6.07 Å². The molecule has 0 bridgehead atoms. The zero-order chi connectivity index (χ0) is 8.84. The molecule has 3 rings (SSSR count). The highest BCUT2D eigenvalue weighted by atomic mass is 16.5. The Morgan fingerprint density at radius 1 is 1.15 bits per heavy atom. The third-order valence-corrected chi connectivity index (χ3v) is 3.09. The molecule has 1 aliphatic carbocycles. The van der Waals surface area contributed by atoms with Crippen LogP contribution in [0, 0.1) is 0 Å². The summed E-state index contributed by atoms with van der Waals surface area (Å²) in [5.74, 6) is 0.973. The van der Waals surface area contributed by atoms with Crippen LogP contribution in [-0.2, 0) is 19.3 Å². The van der Waals surface area contributed by atoms with E-state index in [1.54, 1.807) is 0 Å². The zero-order valence-electron chi connectivity index (χ0n) is 7.60. The van der Waals surface area contributed by atoms with Crippen LogP contribution in [0.3, 0.4) is 0 Å². The highest BCUT2D eigenvalue weighted by molar-refractivity contribution is 5.67. The van der Waals surface area contributed by atoms with Gasteiger partial charge in [-0.1, -0.05) is 6.07 Å². The lowest BCUT2D eigenvalue weighted by Crippen LogP contribution is -1.97. The van der Waals surface area contributed by atoms with Crippen molar-refractivity contribution in [2.45, 2.75) is 25.7 Å². The van der Waals surface area contributed by atoms with Crippen molar-refractivity contribution in [1.29, 1.82) is 0 Å². The fourth-order valence-corrected chi connectivity index (χ4v) is 2.44. The van der Waals surface area contributed by atoms with Crippen molar-refractivity contribution in [3.8, 4) is 5.75 Å². The molecule has 1 aromatic carbocycles. The highest BCUT2D eigenvalue weighted by Gasteiger charge is 2.23. The van der Waals surface area contributed by atoms with E-state index < -0.39 is 0 Å². The molecule has 0 unspecified atom stereocenters. The summed E-state index contributed by atoms with van der Waals surface area (Å²) in [4.78, 5) is 0. The maximum absolute atomic E-state index is 6.06. The number of fused-ring (bicyclic) bond motifs is 2. The zero-order valence-corrected chi connectivity index (χ0v) is 7.60. The number of anilines is 1. The van der Waals surface area contributed by atoms with Gasteiger partial charge in [-0.3, -0.25) is 0 Å². The molecule has 1 heterocycles. The minimum atomic E-state index is 0.808. The van der Waals surface area contributed by atoms with E-state index in [0.717, 1.165) is 30.9 Å². The summed E-state index contributed by atoms with van der Waals surface area (Å²) in [5.41, 5.74) is 11.1. The second-order valence-corrected chi connectivity index (χ2v) is 3.87. The molecule has 0 spiro atoms. The Morgan fingerprint density at radius 2 is 2.08 bits per heavy atom. The smallest absolute Gasteiger partial charge is 0.145 e. The molecule has 1 aliphatic heterocycles. The van der Waals surface area contributed by atoms with Gasteiger partial charge < -0.3 is 10.5 Å². The molecule has 0 aromatic heterocycles. The Balaban J connectivity index is 2.26. The quantitative estimate of drug-likeness (QED) is 0.609. The monoisotopic (exact) mass is 175 g/mol. The third-order valence-electron chi connectivity index (χ3n) is 3.09. The van der Waals surface area contributed by atoms with Crippen LogP contribution in [0.4, 0.5) is 5.69 Å². The summed E-state index contributed by atoms with van der Waals surface area (Å²) in [6, 6.07) is 2.29. The van der Waals surface area contributed by atoms with Crippen LogP contribution >= 0.6 is 0 Å². The number of hydrogen-bond donors (Lipinski definition) is 1. The molecule has 2 heteroatoms. The highest BCUT2D eigenvalue weighted by Crippen LogP contribution is 2.39. The predicted octanol–water partition coefficient (Wildman–Crippen LogP) is 1.69. The summed E-state index contributed by atoms with van der Waals surface area (Å²) in [7, 11) is 0. The van der Waals surface area contributed by atoms with Crippen molar-refractivity contribution in [2.75, 3.05) is 12.3 Å². The Morgan fingerprint density at radius 3 is 3.00 bits per heavy atom. The number of ether oxygens (including phenoxy) is 1. The van der Waals surface area contributed by atoms with Crippen LogP contribution in [-0.4, -0.2) is 6.61 Å². The minimum absolute atomic E-state index is 0.808. The largest absolute Gasteiger partial charge is 0.491 e. The van der Waals surface area contributed by atoms with E-state index in [0.29, 0.717) is 0 Å². The topological polar surface area (TPSA) is 35.2 Å². The van der Waals surface area contributed by atoms with E-state index in [-0.39, 0.29) is 0 Å². The van der Waals surface area contributed by atoms with Crippen LogP contribution in [0.2, 0.25) is 0 Å².